The van der Waals surface area contributed by atoms with Crippen molar-refractivity contribution >= 4 is 37.7 Å². The van der Waals surface area contributed by atoms with Gasteiger partial charge in [0, 0.05) is 36.8 Å². The van der Waals surface area contributed by atoms with Gasteiger partial charge in [0.2, 0.25) is 15.9 Å². The molecule has 2 heterocycles. The predicted molar refractivity (Wildman–Crippen MR) is 113 cm³/mol. The lowest BCUT2D eigenvalue weighted by Gasteiger charge is -2.33. The maximum absolute atomic E-state index is 12.8. The van der Waals surface area contributed by atoms with Gasteiger partial charge >= 0.3 is 0 Å². The largest absolute Gasteiger partial charge is 0.494 e. The number of carbonyl (C=O) groups is 1. The van der Waals surface area contributed by atoms with Gasteiger partial charge in [-0.1, -0.05) is 0 Å². The number of halogens is 1. The van der Waals surface area contributed by atoms with E-state index in [1.54, 1.807) is 42.6 Å². The number of sulfonamides is 1. The molecule has 2 aromatic rings. The van der Waals surface area contributed by atoms with Crippen LogP contribution in [0.4, 0.5) is 5.82 Å². The molecular weight excluding hydrogens is 460 g/mol. The first-order chi connectivity index (χ1) is 13.9. The highest BCUT2D eigenvalue weighted by molar-refractivity contribution is 9.10. The van der Waals surface area contributed by atoms with E-state index in [-0.39, 0.29) is 17.3 Å². The van der Waals surface area contributed by atoms with Crippen LogP contribution in [-0.2, 0) is 14.8 Å². The standard InChI is InChI=1S/C19H23BrN4O4S/c1-2-28-16-4-6-17(7-5-16)29(26,27)24-11-9-23(10-12-24)14-19(25)22-18-8-3-15(20)13-21-18/h3-8,13H,2,9-12,14H2,1H3,(H,21,22,25). The summed E-state index contributed by atoms with van der Waals surface area (Å²) in [5.74, 6) is 0.945. The van der Waals surface area contributed by atoms with Crippen LogP contribution in [0.1, 0.15) is 6.92 Å². The van der Waals surface area contributed by atoms with E-state index in [1.165, 1.54) is 4.31 Å². The summed E-state index contributed by atoms with van der Waals surface area (Å²) in [5.41, 5.74) is 0. The normalized spacial score (nSPS) is 15.8. The molecule has 1 aliphatic heterocycles. The fourth-order valence-corrected chi connectivity index (χ4v) is 4.64. The molecule has 0 radical (unpaired) electrons. The highest BCUT2D eigenvalue weighted by Gasteiger charge is 2.29. The fourth-order valence-electron chi connectivity index (χ4n) is 2.99. The highest BCUT2D eigenvalue weighted by Crippen LogP contribution is 2.21. The molecule has 1 N–H and O–H groups in total. The number of carbonyl (C=O) groups excluding carboxylic acids is 1. The van der Waals surface area contributed by atoms with Crippen LogP contribution in [0.2, 0.25) is 0 Å². The van der Waals surface area contributed by atoms with Gasteiger partial charge in [0.05, 0.1) is 18.0 Å². The molecule has 1 fully saturated rings. The Balaban J connectivity index is 1.52. The van der Waals surface area contributed by atoms with Crippen molar-refractivity contribution < 1.29 is 17.9 Å². The zero-order valence-corrected chi connectivity index (χ0v) is 18.4. The third-order valence-corrected chi connectivity index (χ3v) is 6.85. The van der Waals surface area contributed by atoms with Crippen molar-refractivity contribution in [1.29, 1.82) is 0 Å². The summed E-state index contributed by atoms with van der Waals surface area (Å²) in [6, 6.07) is 9.95. The van der Waals surface area contributed by atoms with Crippen LogP contribution in [0.3, 0.4) is 0 Å². The second-order valence-electron chi connectivity index (χ2n) is 6.49. The Morgan fingerprint density at radius 3 is 2.41 bits per heavy atom. The van der Waals surface area contributed by atoms with E-state index in [1.807, 2.05) is 11.8 Å². The van der Waals surface area contributed by atoms with Crippen molar-refractivity contribution in [1.82, 2.24) is 14.2 Å². The second kappa shape index (κ2) is 9.66. The molecule has 1 saturated heterocycles. The number of amides is 1. The van der Waals surface area contributed by atoms with Gasteiger partial charge < -0.3 is 10.1 Å². The third-order valence-electron chi connectivity index (χ3n) is 4.47. The second-order valence-corrected chi connectivity index (χ2v) is 9.35. The first kappa shape index (κ1) is 21.7. The zero-order valence-electron chi connectivity index (χ0n) is 16.0. The molecule has 1 amide bonds. The SMILES string of the molecule is CCOc1ccc(S(=O)(=O)N2CCN(CC(=O)Nc3ccc(Br)cn3)CC2)cc1. The summed E-state index contributed by atoms with van der Waals surface area (Å²) in [7, 11) is -3.56. The Morgan fingerprint density at radius 1 is 1.14 bits per heavy atom. The number of benzene rings is 1. The average Bonchev–Trinajstić information content (AvgIpc) is 2.71. The van der Waals surface area contributed by atoms with Crippen LogP contribution in [-0.4, -0.2) is 67.8 Å². The van der Waals surface area contributed by atoms with Crippen molar-refractivity contribution in [3.8, 4) is 5.75 Å². The molecule has 0 aliphatic carbocycles. The van der Waals surface area contributed by atoms with Crippen LogP contribution in [0, 0.1) is 0 Å². The summed E-state index contributed by atoms with van der Waals surface area (Å²) in [6.45, 7) is 4.22. The van der Waals surface area contributed by atoms with Crippen LogP contribution in [0.5, 0.6) is 5.75 Å². The van der Waals surface area contributed by atoms with Gasteiger partial charge in [-0.05, 0) is 59.3 Å². The molecule has 1 aromatic carbocycles. The number of nitrogens with zero attached hydrogens (tertiary/aromatic N) is 3. The van der Waals surface area contributed by atoms with Gasteiger partial charge in [-0.25, -0.2) is 13.4 Å². The van der Waals surface area contributed by atoms with Crippen molar-refractivity contribution in [3.63, 3.8) is 0 Å². The number of aromatic nitrogens is 1. The van der Waals surface area contributed by atoms with Crippen LogP contribution in [0.15, 0.2) is 52.0 Å². The lowest BCUT2D eigenvalue weighted by atomic mass is 10.3. The van der Waals surface area contributed by atoms with E-state index in [0.29, 0.717) is 44.4 Å². The summed E-state index contributed by atoms with van der Waals surface area (Å²) in [6.07, 6.45) is 1.61. The number of pyridine rings is 1. The number of piperazine rings is 1. The summed E-state index contributed by atoms with van der Waals surface area (Å²) < 4.78 is 33.3. The first-order valence-electron chi connectivity index (χ1n) is 9.25. The Morgan fingerprint density at radius 2 is 1.83 bits per heavy atom. The fraction of sp³-hybridized carbons (Fsp3) is 0.368. The number of rotatable bonds is 7. The summed E-state index contributed by atoms with van der Waals surface area (Å²) >= 11 is 3.30. The van der Waals surface area contributed by atoms with E-state index in [2.05, 4.69) is 26.2 Å². The molecule has 8 nitrogen and oxygen atoms in total. The predicted octanol–water partition coefficient (Wildman–Crippen LogP) is 2.19. The van der Waals surface area contributed by atoms with Gasteiger partial charge in [-0.2, -0.15) is 4.31 Å². The van der Waals surface area contributed by atoms with Crippen molar-refractivity contribution in [3.05, 3.63) is 47.1 Å². The first-order valence-corrected chi connectivity index (χ1v) is 11.5. The monoisotopic (exact) mass is 482 g/mol. The van der Waals surface area contributed by atoms with Gasteiger partial charge in [0.25, 0.3) is 0 Å². The number of anilines is 1. The maximum atomic E-state index is 12.8. The molecule has 0 bridgehead atoms. The molecular formula is C19H23BrN4O4S. The van der Waals surface area contributed by atoms with Gasteiger partial charge in [-0.3, -0.25) is 9.69 Å². The molecule has 1 aliphatic rings. The number of hydrogen-bond acceptors (Lipinski definition) is 6. The van der Waals surface area contributed by atoms with E-state index < -0.39 is 10.0 Å². The zero-order chi connectivity index (χ0) is 20.9. The summed E-state index contributed by atoms with van der Waals surface area (Å²) in [4.78, 5) is 18.5. The number of ether oxygens (including phenoxy) is 1. The minimum absolute atomic E-state index is 0.178. The molecule has 0 unspecified atom stereocenters. The van der Waals surface area contributed by atoms with Crippen molar-refractivity contribution in [2.75, 3.05) is 44.6 Å². The van der Waals surface area contributed by atoms with E-state index >= 15 is 0 Å². The maximum Gasteiger partial charge on any atom is 0.243 e. The summed E-state index contributed by atoms with van der Waals surface area (Å²) in [5, 5.41) is 2.74. The van der Waals surface area contributed by atoms with E-state index in [4.69, 9.17) is 4.74 Å². The topological polar surface area (TPSA) is 91.8 Å². The van der Waals surface area contributed by atoms with Crippen molar-refractivity contribution in [2.45, 2.75) is 11.8 Å². The van der Waals surface area contributed by atoms with E-state index in [9.17, 15) is 13.2 Å². The molecule has 3 rings (SSSR count). The number of hydrogen-bond donors (Lipinski definition) is 1. The minimum atomic E-state index is -3.56. The van der Waals surface area contributed by atoms with Gasteiger partial charge in [0.1, 0.15) is 11.6 Å². The lowest BCUT2D eigenvalue weighted by molar-refractivity contribution is -0.117. The third kappa shape index (κ3) is 5.75. The quantitative estimate of drug-likeness (QED) is 0.650. The number of nitrogens with one attached hydrogen (secondary N) is 1. The molecule has 0 atom stereocenters. The Bertz CT molecular complexity index is 928. The molecule has 0 saturated carbocycles. The lowest BCUT2D eigenvalue weighted by Crippen LogP contribution is -2.50. The van der Waals surface area contributed by atoms with E-state index in [0.717, 1.165) is 4.47 Å². The van der Waals surface area contributed by atoms with Crippen molar-refractivity contribution in [2.24, 2.45) is 0 Å². The molecule has 10 heteroatoms. The molecule has 29 heavy (non-hydrogen) atoms. The smallest absolute Gasteiger partial charge is 0.243 e. The Kier molecular flexibility index (Phi) is 7.23. The van der Waals surface area contributed by atoms with Crippen LogP contribution >= 0.6 is 15.9 Å². The Hall–Kier alpha value is -2.01. The molecule has 156 valence electrons. The van der Waals surface area contributed by atoms with Crippen LogP contribution in [0.25, 0.3) is 0 Å². The Labute approximate surface area is 179 Å². The molecule has 1 aromatic heterocycles. The van der Waals surface area contributed by atoms with Gasteiger partial charge in [-0.15, -0.1) is 0 Å². The average molecular weight is 483 g/mol. The highest BCUT2D eigenvalue weighted by atomic mass is 79.9. The molecule has 0 spiro atoms. The van der Waals surface area contributed by atoms with Crippen LogP contribution < -0.4 is 10.1 Å². The van der Waals surface area contributed by atoms with Gasteiger partial charge in [0.15, 0.2) is 0 Å². The minimum Gasteiger partial charge on any atom is -0.494 e.